The second-order valence-electron chi connectivity index (χ2n) is 15.8. The van der Waals surface area contributed by atoms with Gasteiger partial charge in [-0.15, -0.1) is 11.3 Å². The molecule has 6 unspecified atom stereocenters. The largest absolute Gasteiger partial charge is 0.508 e. The van der Waals surface area contributed by atoms with Crippen LogP contribution in [0.2, 0.25) is 5.02 Å². The van der Waals surface area contributed by atoms with E-state index in [4.69, 9.17) is 21.4 Å². The van der Waals surface area contributed by atoms with Crippen molar-refractivity contribution >= 4 is 62.5 Å². The molecule has 3 aromatic carbocycles. The van der Waals surface area contributed by atoms with E-state index in [1.54, 1.807) is 65.5 Å². The molecule has 0 radical (unpaired) electrons. The molecule has 2 saturated heterocycles. The van der Waals surface area contributed by atoms with Crippen LogP contribution < -0.4 is 9.64 Å². The molecule has 2 aliphatic heterocycles. The maximum atomic E-state index is 15.2. The number of anilines is 1. The Balaban J connectivity index is 1.11. The van der Waals surface area contributed by atoms with Gasteiger partial charge in [0.25, 0.3) is 0 Å². The number of rotatable bonds is 8. The second-order valence-corrected chi connectivity index (χ2v) is 17.3. The summed E-state index contributed by atoms with van der Waals surface area (Å²) in [4.78, 5) is 62.0. The molecule has 57 heavy (non-hydrogen) atoms. The number of aromatic nitrogens is 2. The number of hydrogen-bond donors (Lipinski definition) is 2. The number of phenols is 2. The maximum Gasteiger partial charge on any atom is 0.242 e. The van der Waals surface area contributed by atoms with Crippen LogP contribution >= 0.6 is 22.9 Å². The van der Waals surface area contributed by atoms with Crippen molar-refractivity contribution in [2.75, 3.05) is 18.1 Å². The first-order valence-corrected chi connectivity index (χ1v) is 20.4. The first kappa shape index (κ1) is 37.1. The Bertz CT molecular complexity index is 2560. The number of imide groups is 2. The third kappa shape index (κ3) is 5.62. The molecule has 11 nitrogen and oxygen atoms in total. The zero-order valence-electron chi connectivity index (χ0n) is 31.9. The number of amides is 4. The summed E-state index contributed by atoms with van der Waals surface area (Å²) in [5.74, 6) is -3.86. The molecule has 4 heterocycles. The molecule has 0 bridgehead atoms. The molecule has 2 aromatic heterocycles. The van der Waals surface area contributed by atoms with E-state index >= 15 is 4.79 Å². The fourth-order valence-corrected chi connectivity index (χ4v) is 11.3. The van der Waals surface area contributed by atoms with Gasteiger partial charge in [0, 0.05) is 35.3 Å². The van der Waals surface area contributed by atoms with Crippen molar-refractivity contribution in [2.24, 2.45) is 36.1 Å². The number of halogens is 1. The highest BCUT2D eigenvalue weighted by atomic mass is 35.5. The second kappa shape index (κ2) is 13.6. The Morgan fingerprint density at radius 3 is 2.49 bits per heavy atom. The van der Waals surface area contributed by atoms with Crippen molar-refractivity contribution < 1.29 is 34.1 Å². The van der Waals surface area contributed by atoms with Gasteiger partial charge in [0.05, 0.1) is 34.7 Å². The van der Waals surface area contributed by atoms with Gasteiger partial charge in [0.1, 0.15) is 17.3 Å². The third-order valence-electron chi connectivity index (χ3n) is 12.8. The molecule has 13 heteroatoms. The molecule has 9 rings (SSSR count). The number of thiophene rings is 1. The fraction of sp³-hybridized carbons (Fsp3) is 0.341. The SMILES string of the molecule is CCOc1cc(C2C3=CCC4C(=O)N(CCc5ccc(O)cc5)C(=O)C4C3CC3C(=O)N(c4cc(-c5sc6ccc(Cl)cc6c5C)nn4C)C(=O)C32C)ccc1O. The van der Waals surface area contributed by atoms with E-state index < -0.39 is 35.0 Å². The number of benzene rings is 3. The van der Waals surface area contributed by atoms with Crippen LogP contribution in [0.1, 0.15) is 49.3 Å². The average molecular weight is 805 g/mol. The number of phenolic OH excluding ortho intramolecular Hbond substituents is 2. The molecule has 2 aliphatic carbocycles. The third-order valence-corrected chi connectivity index (χ3v) is 14.3. The van der Waals surface area contributed by atoms with Crippen LogP contribution in [-0.2, 0) is 32.6 Å². The summed E-state index contributed by atoms with van der Waals surface area (Å²) < 4.78 is 8.41. The highest BCUT2D eigenvalue weighted by molar-refractivity contribution is 7.22. The summed E-state index contributed by atoms with van der Waals surface area (Å²) in [5.41, 5.74) is 2.74. The molecule has 4 aliphatic rings. The number of aromatic hydroxyl groups is 2. The van der Waals surface area contributed by atoms with E-state index in [0.717, 1.165) is 31.7 Å². The van der Waals surface area contributed by atoms with E-state index in [-0.39, 0.29) is 53.8 Å². The normalized spacial score (nSPS) is 25.6. The molecule has 0 spiro atoms. The highest BCUT2D eigenvalue weighted by Crippen LogP contribution is 2.64. The summed E-state index contributed by atoms with van der Waals surface area (Å²) >= 11 is 7.89. The molecule has 3 fully saturated rings. The summed E-state index contributed by atoms with van der Waals surface area (Å²) in [6.45, 7) is 6.15. The lowest BCUT2D eigenvalue weighted by Gasteiger charge is -2.49. The van der Waals surface area contributed by atoms with E-state index in [1.807, 2.05) is 45.0 Å². The number of carbonyl (C=O) groups is 4. The summed E-state index contributed by atoms with van der Waals surface area (Å²) in [6, 6.07) is 19.2. The maximum absolute atomic E-state index is 15.2. The number of allylic oxidation sites excluding steroid dienone is 2. The fourth-order valence-electron chi connectivity index (χ4n) is 10.00. The number of nitrogens with zero attached hydrogens (tertiary/aromatic N) is 4. The molecule has 4 amide bonds. The van der Waals surface area contributed by atoms with Gasteiger partial charge in [0.2, 0.25) is 23.6 Å². The Hall–Kier alpha value is -5.46. The molecular formula is C44H41ClN4O7S. The zero-order chi connectivity index (χ0) is 40.1. The molecule has 292 valence electrons. The van der Waals surface area contributed by atoms with Crippen molar-refractivity contribution in [3.8, 4) is 27.8 Å². The number of carbonyl (C=O) groups excluding carboxylic acids is 4. The Morgan fingerprint density at radius 2 is 1.74 bits per heavy atom. The highest BCUT2D eigenvalue weighted by Gasteiger charge is 2.68. The molecular weight excluding hydrogens is 764 g/mol. The van der Waals surface area contributed by atoms with Gasteiger partial charge in [-0.1, -0.05) is 41.4 Å². The topological polar surface area (TPSA) is 142 Å². The van der Waals surface area contributed by atoms with Crippen LogP contribution in [0.15, 0.2) is 78.4 Å². The van der Waals surface area contributed by atoms with E-state index in [1.165, 1.54) is 15.9 Å². The van der Waals surface area contributed by atoms with Gasteiger partial charge in [-0.25, -0.2) is 4.90 Å². The predicted molar refractivity (Wildman–Crippen MR) is 216 cm³/mol. The minimum atomic E-state index is -1.29. The molecule has 1 saturated carbocycles. The quantitative estimate of drug-likeness (QED) is 0.121. The lowest BCUT2D eigenvalue weighted by molar-refractivity contribution is -0.140. The minimum absolute atomic E-state index is 0.0511. The lowest BCUT2D eigenvalue weighted by atomic mass is 9.51. The van der Waals surface area contributed by atoms with Crippen molar-refractivity contribution in [1.29, 1.82) is 0 Å². The summed E-state index contributed by atoms with van der Waals surface area (Å²) in [7, 11) is 1.72. The Labute approximate surface area is 338 Å². The number of ether oxygens (including phenoxy) is 1. The minimum Gasteiger partial charge on any atom is -0.508 e. The monoisotopic (exact) mass is 804 g/mol. The van der Waals surface area contributed by atoms with Gasteiger partial charge in [-0.05, 0) is 110 Å². The number of hydrogen-bond acceptors (Lipinski definition) is 9. The average Bonchev–Trinajstić information content (AvgIpc) is 3.86. The smallest absolute Gasteiger partial charge is 0.242 e. The Morgan fingerprint density at radius 1 is 0.965 bits per heavy atom. The van der Waals surface area contributed by atoms with Crippen LogP contribution in [0.3, 0.4) is 0 Å². The number of aryl methyl sites for hydroxylation is 2. The van der Waals surface area contributed by atoms with E-state index in [9.17, 15) is 24.6 Å². The van der Waals surface area contributed by atoms with Crippen LogP contribution in [0.5, 0.6) is 17.2 Å². The molecule has 2 N–H and O–H groups in total. The van der Waals surface area contributed by atoms with Gasteiger partial charge in [-0.2, -0.15) is 5.10 Å². The molecule has 5 aromatic rings. The lowest BCUT2D eigenvalue weighted by Crippen LogP contribution is -2.49. The van der Waals surface area contributed by atoms with Crippen LogP contribution in [0, 0.1) is 36.0 Å². The standard InChI is InChI=1S/C44H41ClN4O7S/c1-5-56-34-18-24(8-14-33(34)51)38-27-12-13-28-37(42(54)48(40(28)52)17-16-23-6-10-26(50)11-7-23)30(27)20-31-41(53)49(43(55)44(31,38)3)36-21-32(46-47(36)4)39-22(2)29-19-25(45)9-15-35(29)57-39/h6-12,14-15,18-19,21,28,30-31,37-38,50-51H,5,13,16-17,20H2,1-4H3. The first-order valence-electron chi connectivity index (χ1n) is 19.2. The number of likely N-dealkylation sites (tertiary alicyclic amines) is 1. The first-order chi connectivity index (χ1) is 27.3. The zero-order valence-corrected chi connectivity index (χ0v) is 33.4. The van der Waals surface area contributed by atoms with Gasteiger partial charge >= 0.3 is 0 Å². The Kier molecular flexibility index (Phi) is 8.85. The number of fused-ring (bicyclic) bond motifs is 5. The van der Waals surface area contributed by atoms with E-state index in [0.29, 0.717) is 41.5 Å². The van der Waals surface area contributed by atoms with Crippen molar-refractivity contribution in [2.45, 2.75) is 46.0 Å². The van der Waals surface area contributed by atoms with Crippen LogP contribution in [0.25, 0.3) is 20.7 Å². The predicted octanol–water partition coefficient (Wildman–Crippen LogP) is 7.55. The van der Waals surface area contributed by atoms with Crippen molar-refractivity contribution in [3.05, 3.63) is 100 Å². The molecule has 6 atom stereocenters. The van der Waals surface area contributed by atoms with Crippen LogP contribution in [0.4, 0.5) is 5.82 Å². The van der Waals surface area contributed by atoms with Gasteiger partial charge in [0.15, 0.2) is 11.5 Å². The van der Waals surface area contributed by atoms with Crippen molar-refractivity contribution in [1.82, 2.24) is 14.7 Å². The van der Waals surface area contributed by atoms with Crippen molar-refractivity contribution in [3.63, 3.8) is 0 Å². The summed E-state index contributed by atoms with van der Waals surface area (Å²) in [6.07, 6.45) is 2.98. The van der Waals surface area contributed by atoms with Gasteiger partial charge in [-0.3, -0.25) is 28.8 Å². The van der Waals surface area contributed by atoms with Gasteiger partial charge < -0.3 is 14.9 Å². The summed E-state index contributed by atoms with van der Waals surface area (Å²) in [5, 5.41) is 26.9. The van der Waals surface area contributed by atoms with E-state index in [2.05, 4.69) is 0 Å². The van der Waals surface area contributed by atoms with Crippen LogP contribution in [-0.4, -0.2) is 61.7 Å².